The molecule has 3 aliphatic carbocycles. The highest BCUT2D eigenvalue weighted by atomic mass is 15.2. The summed E-state index contributed by atoms with van der Waals surface area (Å²) in [5.41, 5.74) is 2.92. The number of hydrogen-bond acceptors (Lipinski definition) is 5. The summed E-state index contributed by atoms with van der Waals surface area (Å²) < 4.78 is 2.47. The molecule has 0 saturated heterocycles. The molecule has 0 unspecified atom stereocenters. The van der Waals surface area contributed by atoms with Gasteiger partial charge in [0.2, 0.25) is 5.82 Å². The van der Waals surface area contributed by atoms with Gasteiger partial charge in [-0.15, -0.1) is 0 Å². The summed E-state index contributed by atoms with van der Waals surface area (Å²) in [7, 11) is 0. The molecule has 36 heavy (non-hydrogen) atoms. The van der Waals surface area contributed by atoms with E-state index < -0.39 is 0 Å². The molecule has 0 spiro atoms. The maximum Gasteiger partial charge on any atom is 0.236 e. The topological polar surface area (TPSA) is 79.4 Å². The van der Waals surface area contributed by atoms with Gasteiger partial charge in [0.05, 0.1) is 5.41 Å². The van der Waals surface area contributed by atoms with Crippen molar-refractivity contribution >= 4 is 17.0 Å². The van der Waals surface area contributed by atoms with Crippen LogP contribution in [-0.4, -0.2) is 25.6 Å². The first-order chi connectivity index (χ1) is 17.6. The van der Waals surface area contributed by atoms with Crippen LogP contribution in [0.5, 0.6) is 0 Å². The van der Waals surface area contributed by atoms with E-state index in [1.54, 1.807) is 0 Å². The second-order valence-electron chi connectivity index (χ2n) is 11.8. The predicted molar refractivity (Wildman–Crippen MR) is 143 cm³/mol. The largest absolute Gasteiger partial charge is 0.365 e. The first kappa shape index (κ1) is 23.5. The lowest BCUT2D eigenvalue weighted by molar-refractivity contribution is 0.242. The fourth-order valence-corrected chi connectivity index (χ4v) is 6.70. The number of nitrogens with zero attached hydrogens (tertiary/aromatic N) is 5. The summed E-state index contributed by atoms with van der Waals surface area (Å²) in [6, 6.07) is 13.4. The molecule has 0 amide bonds. The quantitative estimate of drug-likeness (QED) is 0.411. The highest BCUT2D eigenvalue weighted by Gasteiger charge is 2.45. The van der Waals surface area contributed by atoms with Gasteiger partial charge in [-0.2, -0.15) is 15.2 Å². The molecule has 1 atom stereocenters. The summed E-state index contributed by atoms with van der Waals surface area (Å²) >= 11 is 0. The number of aromatic nitrogens is 4. The smallest absolute Gasteiger partial charge is 0.236 e. The molecule has 0 aliphatic heterocycles. The predicted octanol–water partition coefficient (Wildman–Crippen LogP) is 6.59. The average Bonchev–Trinajstić information content (AvgIpc) is 3.17. The Morgan fingerprint density at radius 3 is 2.39 bits per heavy atom. The van der Waals surface area contributed by atoms with E-state index in [4.69, 9.17) is 9.97 Å². The van der Waals surface area contributed by atoms with Crippen LogP contribution in [0.4, 0.5) is 5.82 Å². The van der Waals surface area contributed by atoms with Gasteiger partial charge in [0.1, 0.15) is 17.4 Å². The number of fused-ring (bicyclic) bond motifs is 1. The van der Waals surface area contributed by atoms with E-state index >= 15 is 0 Å². The third-order valence-electron chi connectivity index (χ3n) is 9.46. The van der Waals surface area contributed by atoms with Gasteiger partial charge in [0.15, 0.2) is 11.5 Å². The molecule has 6 rings (SSSR count). The molecule has 1 N–H and O–H groups in total. The van der Waals surface area contributed by atoms with Crippen molar-refractivity contribution in [1.82, 2.24) is 19.5 Å². The minimum atomic E-state index is -0.0897. The Kier molecular flexibility index (Phi) is 6.19. The third kappa shape index (κ3) is 4.07. The molecule has 1 aromatic carbocycles. The average molecular weight is 483 g/mol. The minimum absolute atomic E-state index is 0.0897. The Labute approximate surface area is 214 Å². The molecule has 3 fully saturated rings. The molecule has 0 bridgehead atoms. The normalized spacial score (nSPS) is 24.5. The fraction of sp³-hybridized carbons (Fsp3) is 0.600. The second kappa shape index (κ2) is 9.50. The van der Waals surface area contributed by atoms with Crippen molar-refractivity contribution in [2.24, 2.45) is 17.8 Å². The van der Waals surface area contributed by atoms with Crippen LogP contribution in [0, 0.1) is 29.1 Å². The molecule has 6 heteroatoms. The zero-order valence-corrected chi connectivity index (χ0v) is 21.7. The highest BCUT2D eigenvalue weighted by molar-refractivity contribution is 5.85. The number of benzene rings is 1. The third-order valence-corrected chi connectivity index (χ3v) is 9.46. The first-order valence-electron chi connectivity index (χ1n) is 14.1. The van der Waals surface area contributed by atoms with Crippen molar-refractivity contribution < 1.29 is 0 Å². The van der Waals surface area contributed by atoms with Crippen LogP contribution in [0.2, 0.25) is 0 Å². The minimum Gasteiger partial charge on any atom is -0.365 e. The van der Waals surface area contributed by atoms with Gasteiger partial charge in [0.25, 0.3) is 0 Å². The van der Waals surface area contributed by atoms with Crippen molar-refractivity contribution in [2.75, 3.05) is 5.32 Å². The number of hydrogen-bond donors (Lipinski definition) is 1. The van der Waals surface area contributed by atoms with Crippen molar-refractivity contribution in [2.45, 2.75) is 96.1 Å². The van der Waals surface area contributed by atoms with E-state index in [9.17, 15) is 5.26 Å². The van der Waals surface area contributed by atoms with Crippen LogP contribution >= 0.6 is 0 Å². The number of anilines is 1. The van der Waals surface area contributed by atoms with Crippen molar-refractivity contribution in [3.63, 3.8) is 0 Å². The van der Waals surface area contributed by atoms with Crippen LogP contribution in [0.25, 0.3) is 11.2 Å². The highest BCUT2D eigenvalue weighted by Crippen LogP contribution is 2.50. The molecule has 2 heterocycles. The maximum absolute atomic E-state index is 9.74. The van der Waals surface area contributed by atoms with Crippen molar-refractivity contribution in [3.05, 3.63) is 47.5 Å². The molecule has 3 aromatic rings. The maximum atomic E-state index is 9.74. The zero-order valence-electron chi connectivity index (χ0n) is 21.7. The molecular weight excluding hydrogens is 444 g/mol. The lowest BCUT2D eigenvalue weighted by Crippen LogP contribution is -2.39. The van der Waals surface area contributed by atoms with Gasteiger partial charge in [0, 0.05) is 12.6 Å². The molecule has 2 aromatic heterocycles. The lowest BCUT2D eigenvalue weighted by Gasteiger charge is -2.42. The Hall–Kier alpha value is -2.94. The van der Waals surface area contributed by atoms with Crippen molar-refractivity contribution in [1.29, 1.82) is 5.26 Å². The van der Waals surface area contributed by atoms with E-state index in [-0.39, 0.29) is 11.2 Å². The zero-order chi connectivity index (χ0) is 24.7. The number of nitriles is 1. The van der Waals surface area contributed by atoms with Gasteiger partial charge in [-0.05, 0) is 68.8 Å². The van der Waals surface area contributed by atoms with Gasteiger partial charge < -0.3 is 9.88 Å². The van der Waals surface area contributed by atoms with Crippen LogP contribution in [0.1, 0.15) is 95.3 Å². The monoisotopic (exact) mass is 482 g/mol. The summed E-state index contributed by atoms with van der Waals surface area (Å²) in [4.78, 5) is 14.6. The Balaban J connectivity index is 1.50. The van der Waals surface area contributed by atoms with E-state index in [0.29, 0.717) is 23.5 Å². The van der Waals surface area contributed by atoms with Crippen LogP contribution in [-0.2, 0) is 12.0 Å². The summed E-state index contributed by atoms with van der Waals surface area (Å²) in [5.74, 6) is 4.25. The number of rotatable bonds is 7. The van der Waals surface area contributed by atoms with E-state index in [1.165, 1.54) is 56.9 Å². The summed E-state index contributed by atoms with van der Waals surface area (Å²) in [6.07, 6.45) is 12.4. The van der Waals surface area contributed by atoms with E-state index in [0.717, 1.165) is 42.5 Å². The van der Waals surface area contributed by atoms with E-state index in [2.05, 4.69) is 65.1 Å². The van der Waals surface area contributed by atoms with Crippen molar-refractivity contribution in [3.8, 4) is 6.07 Å². The summed E-state index contributed by atoms with van der Waals surface area (Å²) in [5, 5.41) is 13.5. The first-order valence-corrected chi connectivity index (χ1v) is 14.1. The van der Waals surface area contributed by atoms with Crippen LogP contribution in [0.3, 0.4) is 0 Å². The van der Waals surface area contributed by atoms with Gasteiger partial charge in [-0.1, -0.05) is 62.9 Å². The number of imidazole rings is 1. The Morgan fingerprint density at radius 1 is 1.03 bits per heavy atom. The molecule has 0 radical (unpaired) electrons. The van der Waals surface area contributed by atoms with Gasteiger partial charge in [-0.3, -0.25) is 0 Å². The van der Waals surface area contributed by atoms with Gasteiger partial charge in [-0.25, -0.2) is 4.98 Å². The van der Waals surface area contributed by atoms with Crippen LogP contribution < -0.4 is 5.32 Å². The summed E-state index contributed by atoms with van der Waals surface area (Å²) in [6.45, 7) is 5.59. The molecule has 3 saturated carbocycles. The Bertz CT molecular complexity index is 1260. The van der Waals surface area contributed by atoms with Crippen LogP contribution in [0.15, 0.2) is 30.3 Å². The number of nitrogens with one attached hydrogen (secondary N) is 1. The molecular formula is C30H38N6. The van der Waals surface area contributed by atoms with E-state index in [1.807, 2.05) is 0 Å². The second-order valence-corrected chi connectivity index (χ2v) is 11.8. The standard InChI is InChI=1S/C30H38N6/c1-20-12-14-22(15-13-20)19-36-26-27(32-21(2)23-8-6-9-23)33-25(18-31)34-28(26)35-29(36)30(16-7-17-30)24-10-4-3-5-11-24/h3-5,10-11,20-23H,6-9,12-17,19H2,1-2H3,(H,32,33,34)/t20?,21-,22?/m1/s1. The SMILES string of the molecule is CC1CCC(Cn2c(C3(c4ccccc4)CCC3)nc3nc(C#N)nc(N[C@H](C)C4CCC4)c32)CC1. The van der Waals surface area contributed by atoms with Gasteiger partial charge >= 0.3 is 0 Å². The Morgan fingerprint density at radius 2 is 1.78 bits per heavy atom. The molecule has 188 valence electrons. The lowest BCUT2D eigenvalue weighted by atomic mass is 9.63. The molecule has 6 nitrogen and oxygen atoms in total. The fourth-order valence-electron chi connectivity index (χ4n) is 6.70. The molecule has 3 aliphatic rings.